The maximum absolute atomic E-state index is 11.4. The predicted octanol–water partition coefficient (Wildman–Crippen LogP) is 3.43. The Morgan fingerprint density at radius 2 is 1.57 bits per heavy atom. The van der Waals surface area contributed by atoms with E-state index in [9.17, 15) is 4.79 Å². The lowest BCUT2D eigenvalue weighted by Gasteiger charge is -2.14. The van der Waals surface area contributed by atoms with Crippen LogP contribution in [0.15, 0.2) is 48.5 Å². The molecule has 0 saturated heterocycles. The van der Waals surface area contributed by atoms with E-state index in [4.69, 9.17) is 9.47 Å². The number of rotatable bonds is 5. The van der Waals surface area contributed by atoms with Crippen LogP contribution in [0.25, 0.3) is 11.1 Å². The molecular weight excluding hydrogens is 268 g/mol. The zero-order valence-electron chi connectivity index (χ0n) is 12.3. The van der Waals surface area contributed by atoms with Gasteiger partial charge in [0, 0.05) is 19.8 Å². The summed E-state index contributed by atoms with van der Waals surface area (Å²) in [6.07, 6.45) is -0.390. The van der Waals surface area contributed by atoms with Gasteiger partial charge in [-0.05, 0) is 29.3 Å². The van der Waals surface area contributed by atoms with Crippen molar-refractivity contribution in [2.75, 3.05) is 21.3 Å². The average Bonchev–Trinajstić information content (AvgIpc) is 2.56. The first-order valence-electron chi connectivity index (χ1n) is 6.54. The predicted molar refractivity (Wildman–Crippen MR) is 80.0 cm³/mol. The molecule has 0 atom stereocenters. The summed E-state index contributed by atoms with van der Waals surface area (Å²) in [5.74, 6) is -0.339. The molecule has 4 heteroatoms. The molecule has 2 rings (SSSR count). The standard InChI is InChI=1S/C17H18O4/c1-19-16(18)13-9-7-12(8-10-13)14-5-4-6-15(11-14)17(20-2)21-3/h4-11,17H,1-3H3. The fourth-order valence-electron chi connectivity index (χ4n) is 2.15. The maximum atomic E-state index is 11.4. The van der Waals surface area contributed by atoms with Crippen LogP contribution in [0, 0.1) is 0 Å². The molecule has 0 fully saturated rings. The molecule has 21 heavy (non-hydrogen) atoms. The average molecular weight is 286 g/mol. The molecule has 2 aromatic carbocycles. The Balaban J connectivity index is 2.29. The van der Waals surface area contributed by atoms with Crippen LogP contribution in [-0.4, -0.2) is 27.3 Å². The van der Waals surface area contributed by atoms with E-state index in [-0.39, 0.29) is 12.3 Å². The summed E-state index contributed by atoms with van der Waals surface area (Å²) in [7, 11) is 4.58. The fourth-order valence-corrected chi connectivity index (χ4v) is 2.15. The first-order chi connectivity index (χ1) is 10.2. The van der Waals surface area contributed by atoms with Crippen molar-refractivity contribution in [2.24, 2.45) is 0 Å². The molecule has 0 spiro atoms. The van der Waals surface area contributed by atoms with Crippen molar-refractivity contribution < 1.29 is 19.0 Å². The number of hydrogen-bond acceptors (Lipinski definition) is 4. The number of benzene rings is 2. The van der Waals surface area contributed by atoms with Crippen LogP contribution in [0.1, 0.15) is 22.2 Å². The van der Waals surface area contributed by atoms with Crippen LogP contribution in [0.2, 0.25) is 0 Å². The minimum Gasteiger partial charge on any atom is -0.465 e. The van der Waals surface area contributed by atoms with Gasteiger partial charge in [0.05, 0.1) is 12.7 Å². The highest BCUT2D eigenvalue weighted by Crippen LogP contribution is 2.25. The molecule has 0 heterocycles. The first-order valence-corrected chi connectivity index (χ1v) is 6.54. The summed E-state index contributed by atoms with van der Waals surface area (Å²) in [6.45, 7) is 0. The summed E-state index contributed by atoms with van der Waals surface area (Å²) in [5, 5.41) is 0. The van der Waals surface area contributed by atoms with Crippen molar-refractivity contribution in [2.45, 2.75) is 6.29 Å². The lowest BCUT2D eigenvalue weighted by atomic mass is 10.0. The van der Waals surface area contributed by atoms with E-state index in [2.05, 4.69) is 4.74 Å². The van der Waals surface area contributed by atoms with Crippen LogP contribution >= 0.6 is 0 Å². The lowest BCUT2D eigenvalue weighted by Crippen LogP contribution is -2.03. The normalized spacial score (nSPS) is 10.7. The molecular formula is C17H18O4. The smallest absolute Gasteiger partial charge is 0.337 e. The minimum absolute atomic E-state index is 0.339. The van der Waals surface area contributed by atoms with Gasteiger partial charge < -0.3 is 14.2 Å². The third kappa shape index (κ3) is 3.48. The van der Waals surface area contributed by atoms with Crippen molar-refractivity contribution in [3.05, 3.63) is 59.7 Å². The van der Waals surface area contributed by atoms with Crippen molar-refractivity contribution in [3.63, 3.8) is 0 Å². The summed E-state index contributed by atoms with van der Waals surface area (Å²) in [5.41, 5.74) is 3.51. The van der Waals surface area contributed by atoms with E-state index in [1.807, 2.05) is 36.4 Å². The molecule has 0 aliphatic rings. The van der Waals surface area contributed by atoms with Gasteiger partial charge in [-0.25, -0.2) is 4.79 Å². The second kappa shape index (κ2) is 7.02. The Labute approximate surface area is 124 Å². The van der Waals surface area contributed by atoms with Gasteiger partial charge in [0.1, 0.15) is 0 Å². The third-order valence-corrected chi connectivity index (χ3v) is 3.23. The Morgan fingerprint density at radius 1 is 0.905 bits per heavy atom. The molecule has 0 unspecified atom stereocenters. The summed E-state index contributed by atoms with van der Waals surface area (Å²) >= 11 is 0. The van der Waals surface area contributed by atoms with Gasteiger partial charge in [-0.15, -0.1) is 0 Å². The number of ether oxygens (including phenoxy) is 3. The molecule has 4 nitrogen and oxygen atoms in total. The van der Waals surface area contributed by atoms with Crippen LogP contribution in [0.3, 0.4) is 0 Å². The zero-order valence-corrected chi connectivity index (χ0v) is 12.3. The zero-order chi connectivity index (χ0) is 15.2. The van der Waals surface area contributed by atoms with Gasteiger partial charge in [-0.3, -0.25) is 0 Å². The van der Waals surface area contributed by atoms with Gasteiger partial charge in [0.25, 0.3) is 0 Å². The molecule has 0 aliphatic heterocycles. The number of methoxy groups -OCH3 is 3. The topological polar surface area (TPSA) is 44.8 Å². The molecule has 110 valence electrons. The van der Waals surface area contributed by atoms with Crippen LogP contribution < -0.4 is 0 Å². The molecule has 0 radical (unpaired) electrons. The molecule has 0 bridgehead atoms. The maximum Gasteiger partial charge on any atom is 0.337 e. The van der Waals surface area contributed by atoms with Crippen molar-refractivity contribution >= 4 is 5.97 Å². The summed E-state index contributed by atoms with van der Waals surface area (Å²) in [6, 6.07) is 15.2. The van der Waals surface area contributed by atoms with E-state index in [0.717, 1.165) is 16.7 Å². The quantitative estimate of drug-likeness (QED) is 0.624. The fraction of sp³-hybridized carbons (Fsp3) is 0.235. The first kappa shape index (κ1) is 15.2. The Bertz CT molecular complexity index is 600. The van der Waals surface area contributed by atoms with Crippen LogP contribution in [0.4, 0.5) is 0 Å². The van der Waals surface area contributed by atoms with E-state index >= 15 is 0 Å². The number of carbonyl (C=O) groups is 1. The minimum atomic E-state index is -0.390. The molecule has 0 saturated carbocycles. The SMILES string of the molecule is COC(=O)c1ccc(-c2cccc(C(OC)OC)c2)cc1. The largest absolute Gasteiger partial charge is 0.465 e. The van der Waals surface area contributed by atoms with Crippen molar-refractivity contribution in [3.8, 4) is 11.1 Å². The van der Waals surface area contributed by atoms with Gasteiger partial charge >= 0.3 is 5.97 Å². The Kier molecular flexibility index (Phi) is 5.09. The van der Waals surface area contributed by atoms with Crippen LogP contribution in [-0.2, 0) is 14.2 Å². The monoisotopic (exact) mass is 286 g/mol. The Hall–Kier alpha value is -2.17. The highest BCUT2D eigenvalue weighted by Gasteiger charge is 2.10. The third-order valence-electron chi connectivity index (χ3n) is 3.23. The highest BCUT2D eigenvalue weighted by molar-refractivity contribution is 5.89. The van der Waals surface area contributed by atoms with Gasteiger partial charge in [-0.2, -0.15) is 0 Å². The second-order valence-corrected chi connectivity index (χ2v) is 4.50. The van der Waals surface area contributed by atoms with Crippen molar-refractivity contribution in [1.29, 1.82) is 0 Å². The van der Waals surface area contributed by atoms with Gasteiger partial charge in [0.15, 0.2) is 6.29 Å². The molecule has 0 N–H and O–H groups in total. The number of esters is 1. The van der Waals surface area contributed by atoms with E-state index in [0.29, 0.717) is 5.56 Å². The lowest BCUT2D eigenvalue weighted by molar-refractivity contribution is -0.105. The Morgan fingerprint density at radius 3 is 2.14 bits per heavy atom. The van der Waals surface area contributed by atoms with Gasteiger partial charge in [-0.1, -0.05) is 30.3 Å². The van der Waals surface area contributed by atoms with E-state index < -0.39 is 0 Å². The van der Waals surface area contributed by atoms with E-state index in [1.54, 1.807) is 26.4 Å². The highest BCUT2D eigenvalue weighted by atomic mass is 16.7. The van der Waals surface area contributed by atoms with E-state index in [1.165, 1.54) is 7.11 Å². The van der Waals surface area contributed by atoms with Gasteiger partial charge in [0.2, 0.25) is 0 Å². The van der Waals surface area contributed by atoms with Crippen molar-refractivity contribution in [1.82, 2.24) is 0 Å². The molecule has 0 amide bonds. The molecule has 0 aliphatic carbocycles. The second-order valence-electron chi connectivity index (χ2n) is 4.50. The number of hydrogen-bond donors (Lipinski definition) is 0. The number of carbonyl (C=O) groups excluding carboxylic acids is 1. The summed E-state index contributed by atoms with van der Waals surface area (Å²) < 4.78 is 15.2. The van der Waals surface area contributed by atoms with Crippen LogP contribution in [0.5, 0.6) is 0 Å². The summed E-state index contributed by atoms with van der Waals surface area (Å²) in [4.78, 5) is 11.4. The molecule has 2 aromatic rings. The molecule has 0 aromatic heterocycles.